The first-order valence-corrected chi connectivity index (χ1v) is 10.9. The van der Waals surface area contributed by atoms with Gasteiger partial charge in [0.25, 0.3) is 5.91 Å². The van der Waals surface area contributed by atoms with Crippen LogP contribution in [0, 0.1) is 0 Å². The molecule has 0 unspecified atom stereocenters. The topological polar surface area (TPSA) is 89.8 Å². The number of carbonyl (C=O) groups excluding carboxylic acids is 1. The Morgan fingerprint density at radius 1 is 1.23 bits per heavy atom. The van der Waals surface area contributed by atoms with Gasteiger partial charge in [-0.05, 0) is 56.9 Å². The van der Waals surface area contributed by atoms with Crippen LogP contribution in [0.3, 0.4) is 0 Å². The number of amides is 1. The van der Waals surface area contributed by atoms with E-state index in [1.165, 1.54) is 35.5 Å². The zero-order chi connectivity index (χ0) is 20.6. The predicted octanol–water partition coefficient (Wildman–Crippen LogP) is 3.17. The minimum Gasteiger partial charge on any atom is -0.508 e. The van der Waals surface area contributed by atoms with Gasteiger partial charge in [-0.15, -0.1) is 35.3 Å². The van der Waals surface area contributed by atoms with Gasteiger partial charge in [0.05, 0.1) is 18.8 Å². The number of carbonyl (C=O) groups is 1. The molecule has 0 aliphatic heterocycles. The Kier molecular flexibility index (Phi) is 9.83. The molecule has 0 atom stereocenters. The molecule has 1 amide bonds. The summed E-state index contributed by atoms with van der Waals surface area (Å²) in [4.78, 5) is 25.1. The van der Waals surface area contributed by atoms with Gasteiger partial charge in [0.1, 0.15) is 10.8 Å². The van der Waals surface area contributed by atoms with Gasteiger partial charge in [-0.1, -0.05) is 0 Å². The fraction of sp³-hybridized carbons (Fsp3) is 0.476. The summed E-state index contributed by atoms with van der Waals surface area (Å²) < 4.78 is 0. The molecule has 3 rings (SSSR count). The van der Waals surface area contributed by atoms with E-state index in [0.29, 0.717) is 18.7 Å². The van der Waals surface area contributed by atoms with Gasteiger partial charge < -0.3 is 20.6 Å². The molecule has 1 heterocycles. The molecule has 0 fully saturated rings. The van der Waals surface area contributed by atoms with Crippen LogP contribution in [-0.2, 0) is 19.4 Å². The van der Waals surface area contributed by atoms with Gasteiger partial charge >= 0.3 is 0 Å². The number of hydrogen-bond donors (Lipinski definition) is 3. The molecule has 30 heavy (non-hydrogen) atoms. The highest BCUT2D eigenvalue weighted by Crippen LogP contribution is 2.27. The number of halogens is 1. The second-order valence-corrected chi connectivity index (χ2v) is 8.25. The molecule has 0 saturated carbocycles. The van der Waals surface area contributed by atoms with E-state index in [1.807, 2.05) is 25.3 Å². The van der Waals surface area contributed by atoms with Gasteiger partial charge in [0, 0.05) is 30.6 Å². The van der Waals surface area contributed by atoms with Crippen LogP contribution in [0.1, 0.15) is 45.7 Å². The first-order valence-electron chi connectivity index (χ1n) is 10.1. The molecule has 0 spiro atoms. The molecule has 2 aromatic rings. The van der Waals surface area contributed by atoms with Gasteiger partial charge in [-0.3, -0.25) is 9.79 Å². The number of aromatic hydroxyl groups is 1. The van der Waals surface area contributed by atoms with Crippen LogP contribution in [0.15, 0.2) is 29.3 Å². The number of rotatable bonds is 7. The summed E-state index contributed by atoms with van der Waals surface area (Å²) in [6, 6.07) is 6.20. The van der Waals surface area contributed by atoms with Crippen LogP contribution in [0.4, 0.5) is 0 Å². The van der Waals surface area contributed by atoms with Crippen molar-refractivity contribution in [2.45, 2.75) is 39.2 Å². The van der Waals surface area contributed by atoms with Crippen molar-refractivity contribution in [2.24, 2.45) is 4.99 Å². The lowest BCUT2D eigenvalue weighted by molar-refractivity contribution is 0.0955. The first kappa shape index (κ1) is 24.4. The zero-order valence-corrected chi connectivity index (χ0v) is 20.6. The van der Waals surface area contributed by atoms with Gasteiger partial charge in [0.15, 0.2) is 5.96 Å². The standard InChI is InChI=1S/C21H29N5O2S.HI/c1-3-22-21(24-13-12-23-20(28)15-8-10-16(27)11-9-15)26(2)14-19-25-17-6-4-5-7-18(17)29-19;/h8-11,27H,3-7,12-14H2,1-2H3,(H,22,24)(H,23,28);1H. The molecule has 1 aromatic carbocycles. The first-order chi connectivity index (χ1) is 14.1. The third-order valence-corrected chi connectivity index (χ3v) is 5.89. The highest BCUT2D eigenvalue weighted by Gasteiger charge is 2.17. The van der Waals surface area contributed by atoms with Crippen molar-refractivity contribution in [3.05, 3.63) is 45.4 Å². The van der Waals surface area contributed by atoms with E-state index in [2.05, 4.69) is 20.5 Å². The minimum absolute atomic E-state index is 0. The Labute approximate surface area is 199 Å². The lowest BCUT2D eigenvalue weighted by Crippen LogP contribution is -2.39. The van der Waals surface area contributed by atoms with E-state index in [-0.39, 0.29) is 35.6 Å². The zero-order valence-electron chi connectivity index (χ0n) is 17.5. The number of nitrogens with zero attached hydrogens (tertiary/aromatic N) is 3. The van der Waals surface area contributed by atoms with Crippen LogP contribution in [0.2, 0.25) is 0 Å². The second-order valence-electron chi connectivity index (χ2n) is 7.08. The van der Waals surface area contributed by atoms with Crippen LogP contribution < -0.4 is 10.6 Å². The second kappa shape index (κ2) is 12.1. The van der Waals surface area contributed by atoms with E-state index in [4.69, 9.17) is 4.98 Å². The van der Waals surface area contributed by atoms with Crippen LogP contribution in [0.25, 0.3) is 0 Å². The number of phenolic OH excluding ortho intramolecular Hbond substituents is 1. The number of benzene rings is 1. The van der Waals surface area contributed by atoms with Crippen molar-refractivity contribution in [3.8, 4) is 5.75 Å². The molecule has 1 aliphatic carbocycles. The molecule has 1 aliphatic rings. The Bertz CT molecular complexity index is 830. The number of aromatic nitrogens is 1. The quantitative estimate of drug-likeness (QED) is 0.216. The lowest BCUT2D eigenvalue weighted by Gasteiger charge is -2.21. The third-order valence-electron chi connectivity index (χ3n) is 4.75. The maximum absolute atomic E-state index is 12.1. The Hall–Kier alpha value is -1.88. The Morgan fingerprint density at radius 3 is 2.67 bits per heavy atom. The van der Waals surface area contributed by atoms with Crippen molar-refractivity contribution in [1.29, 1.82) is 0 Å². The smallest absolute Gasteiger partial charge is 0.251 e. The number of thiazole rings is 1. The Balaban J connectivity index is 0.00000320. The summed E-state index contributed by atoms with van der Waals surface area (Å²) in [5.41, 5.74) is 1.80. The lowest BCUT2D eigenvalue weighted by atomic mass is 10.0. The van der Waals surface area contributed by atoms with Crippen molar-refractivity contribution < 1.29 is 9.90 Å². The molecular formula is C21H30IN5O2S. The molecule has 0 radical (unpaired) electrons. The van der Waals surface area contributed by atoms with Crippen molar-refractivity contribution >= 4 is 47.2 Å². The maximum atomic E-state index is 12.1. The summed E-state index contributed by atoms with van der Waals surface area (Å²) in [5.74, 6) is 0.775. The average Bonchev–Trinajstić information content (AvgIpc) is 3.12. The van der Waals surface area contributed by atoms with Crippen LogP contribution in [0.5, 0.6) is 5.75 Å². The van der Waals surface area contributed by atoms with Crippen molar-refractivity contribution in [3.63, 3.8) is 0 Å². The third kappa shape index (κ3) is 6.83. The summed E-state index contributed by atoms with van der Waals surface area (Å²) >= 11 is 1.82. The minimum atomic E-state index is -0.174. The van der Waals surface area contributed by atoms with E-state index < -0.39 is 0 Å². The SMILES string of the molecule is CCNC(=NCCNC(=O)c1ccc(O)cc1)N(C)Cc1nc2c(s1)CCCC2.I. The van der Waals surface area contributed by atoms with Crippen molar-refractivity contribution in [2.75, 3.05) is 26.7 Å². The molecule has 7 nitrogen and oxygen atoms in total. The van der Waals surface area contributed by atoms with Crippen LogP contribution >= 0.6 is 35.3 Å². The maximum Gasteiger partial charge on any atom is 0.251 e. The highest BCUT2D eigenvalue weighted by atomic mass is 127. The normalized spacial score (nSPS) is 13.2. The molecule has 3 N–H and O–H groups in total. The van der Waals surface area contributed by atoms with Gasteiger partial charge in [-0.2, -0.15) is 0 Å². The fourth-order valence-electron chi connectivity index (χ4n) is 3.27. The van der Waals surface area contributed by atoms with Gasteiger partial charge in [0.2, 0.25) is 0 Å². The van der Waals surface area contributed by atoms with E-state index in [9.17, 15) is 9.90 Å². The summed E-state index contributed by atoms with van der Waals surface area (Å²) in [6.07, 6.45) is 4.77. The Morgan fingerprint density at radius 2 is 1.97 bits per heavy atom. The molecule has 0 saturated heterocycles. The van der Waals surface area contributed by atoms with E-state index in [0.717, 1.165) is 36.9 Å². The summed E-state index contributed by atoms with van der Waals surface area (Å²) in [7, 11) is 2.01. The number of aliphatic imine (C=N–C) groups is 1. The number of phenols is 1. The monoisotopic (exact) mass is 543 g/mol. The molecule has 0 bridgehead atoms. The molecule has 9 heteroatoms. The summed E-state index contributed by atoms with van der Waals surface area (Å²) in [5, 5.41) is 16.6. The highest BCUT2D eigenvalue weighted by molar-refractivity contribution is 14.0. The predicted molar refractivity (Wildman–Crippen MR) is 132 cm³/mol. The van der Waals surface area contributed by atoms with E-state index in [1.54, 1.807) is 12.1 Å². The largest absolute Gasteiger partial charge is 0.508 e. The number of hydrogen-bond acceptors (Lipinski definition) is 5. The van der Waals surface area contributed by atoms with Gasteiger partial charge in [-0.25, -0.2) is 4.98 Å². The number of fused-ring (bicyclic) bond motifs is 1. The average molecular weight is 543 g/mol. The molecular weight excluding hydrogens is 513 g/mol. The number of guanidine groups is 1. The van der Waals surface area contributed by atoms with Crippen molar-refractivity contribution in [1.82, 2.24) is 20.5 Å². The van der Waals surface area contributed by atoms with Crippen LogP contribution in [-0.4, -0.2) is 53.5 Å². The van der Waals surface area contributed by atoms with E-state index >= 15 is 0 Å². The number of aryl methyl sites for hydroxylation is 2. The molecule has 1 aromatic heterocycles. The summed E-state index contributed by atoms with van der Waals surface area (Å²) in [6.45, 7) is 4.46. The fourth-order valence-corrected chi connectivity index (χ4v) is 4.48. The number of nitrogens with one attached hydrogen (secondary N) is 2. The molecule has 164 valence electrons.